The first-order valence-electron chi connectivity index (χ1n) is 6.43. The van der Waals surface area contributed by atoms with E-state index >= 15 is 0 Å². The number of halogens is 1. The molecular weight excluding hydrogens is 293 g/mol. The molecule has 6 heteroatoms. The topological polar surface area (TPSA) is 57.6 Å². The first-order chi connectivity index (χ1) is 9.58. The van der Waals surface area contributed by atoms with Crippen molar-refractivity contribution in [3.8, 4) is 11.8 Å². The molecule has 4 nitrogen and oxygen atoms in total. The zero-order chi connectivity index (χ0) is 16.3. The molecule has 0 aliphatic heterocycles. The van der Waals surface area contributed by atoms with Gasteiger partial charge in [0.15, 0.2) is 0 Å². The lowest BCUT2D eigenvalue weighted by molar-refractivity contribution is 0.310. The highest BCUT2D eigenvalue weighted by Crippen LogP contribution is 2.22. The Hall–Kier alpha value is -1.42. The highest BCUT2D eigenvalue weighted by molar-refractivity contribution is 7.89. The predicted molar refractivity (Wildman–Crippen MR) is 79.6 cm³/mol. The van der Waals surface area contributed by atoms with Crippen LogP contribution in [0.25, 0.3) is 0 Å². The molecule has 1 aromatic carbocycles. The van der Waals surface area contributed by atoms with Gasteiger partial charge in [-0.15, -0.1) is 0 Å². The van der Waals surface area contributed by atoms with Crippen molar-refractivity contribution < 1.29 is 17.9 Å². The Bertz CT molecular complexity index is 666. The summed E-state index contributed by atoms with van der Waals surface area (Å²) in [6, 6.07) is 3.57. The highest BCUT2D eigenvalue weighted by atomic mass is 32.2. The molecule has 0 saturated heterocycles. The standard InChI is InChI=1S/C15H20FNO3S/c1-15(2,3)11-17(4)21(19,20)13-8-7-12(6-5-9-18)14(16)10-13/h7-8,10,18H,9,11H2,1-4H3. The minimum atomic E-state index is -3.74. The normalized spacial score (nSPS) is 12.1. The molecule has 0 heterocycles. The highest BCUT2D eigenvalue weighted by Gasteiger charge is 2.25. The molecule has 0 unspecified atom stereocenters. The Kier molecular flexibility index (Phi) is 5.51. The molecular formula is C15H20FNO3S. The van der Waals surface area contributed by atoms with Gasteiger partial charge in [0, 0.05) is 13.6 Å². The molecule has 1 N–H and O–H groups in total. The number of hydrogen-bond donors (Lipinski definition) is 1. The van der Waals surface area contributed by atoms with Crippen molar-refractivity contribution in [3.05, 3.63) is 29.6 Å². The van der Waals surface area contributed by atoms with Crippen LogP contribution in [-0.2, 0) is 10.0 Å². The van der Waals surface area contributed by atoms with Crippen LogP contribution < -0.4 is 0 Å². The maximum Gasteiger partial charge on any atom is 0.242 e. The molecule has 0 bridgehead atoms. The van der Waals surface area contributed by atoms with E-state index in [1.54, 1.807) is 0 Å². The largest absolute Gasteiger partial charge is 0.384 e. The van der Waals surface area contributed by atoms with Gasteiger partial charge < -0.3 is 5.11 Å². The average molecular weight is 313 g/mol. The SMILES string of the molecule is CN(CC(C)(C)C)S(=O)(=O)c1ccc(C#CCO)c(F)c1. The van der Waals surface area contributed by atoms with E-state index in [1.807, 2.05) is 20.8 Å². The fourth-order valence-corrected chi connectivity index (χ4v) is 3.23. The first-order valence-corrected chi connectivity index (χ1v) is 7.87. The number of aliphatic hydroxyl groups is 1. The van der Waals surface area contributed by atoms with Gasteiger partial charge in [0.05, 0.1) is 10.5 Å². The summed E-state index contributed by atoms with van der Waals surface area (Å²) < 4.78 is 39.8. The molecule has 0 aromatic heterocycles. The molecule has 116 valence electrons. The molecule has 0 atom stereocenters. The lowest BCUT2D eigenvalue weighted by Crippen LogP contribution is -2.34. The van der Waals surface area contributed by atoms with E-state index in [0.29, 0.717) is 6.54 Å². The average Bonchev–Trinajstić information content (AvgIpc) is 2.35. The summed E-state index contributed by atoms with van der Waals surface area (Å²) in [6.45, 7) is 5.71. The Labute approximate surface area is 125 Å². The second-order valence-corrected chi connectivity index (χ2v) is 7.97. The van der Waals surface area contributed by atoms with Gasteiger partial charge in [-0.2, -0.15) is 0 Å². The molecule has 21 heavy (non-hydrogen) atoms. The Morgan fingerprint density at radius 3 is 2.43 bits per heavy atom. The predicted octanol–water partition coefficient (Wildman–Crippen LogP) is 1.84. The Morgan fingerprint density at radius 2 is 1.95 bits per heavy atom. The van der Waals surface area contributed by atoms with Crippen LogP contribution in [0.1, 0.15) is 26.3 Å². The number of rotatable bonds is 3. The molecule has 0 amide bonds. The van der Waals surface area contributed by atoms with Gasteiger partial charge in [0.1, 0.15) is 12.4 Å². The van der Waals surface area contributed by atoms with Crippen LogP contribution in [0, 0.1) is 23.1 Å². The molecule has 0 saturated carbocycles. The molecule has 0 aliphatic carbocycles. The number of aliphatic hydroxyl groups excluding tert-OH is 1. The third-order valence-corrected chi connectivity index (χ3v) is 4.45. The van der Waals surface area contributed by atoms with E-state index in [-0.39, 0.29) is 22.5 Å². The Morgan fingerprint density at radius 1 is 1.33 bits per heavy atom. The van der Waals surface area contributed by atoms with Crippen LogP contribution in [0.15, 0.2) is 23.1 Å². The molecule has 0 spiro atoms. The zero-order valence-corrected chi connectivity index (χ0v) is 13.5. The van der Waals surface area contributed by atoms with Crippen molar-refractivity contribution in [2.75, 3.05) is 20.2 Å². The number of sulfonamides is 1. The molecule has 0 aliphatic rings. The zero-order valence-electron chi connectivity index (χ0n) is 12.6. The van der Waals surface area contributed by atoms with E-state index in [1.165, 1.54) is 23.5 Å². The minimum Gasteiger partial charge on any atom is -0.384 e. The van der Waals surface area contributed by atoms with Crippen molar-refractivity contribution in [2.45, 2.75) is 25.7 Å². The first kappa shape index (κ1) is 17.6. The lowest BCUT2D eigenvalue weighted by atomic mass is 9.97. The number of hydrogen-bond acceptors (Lipinski definition) is 3. The van der Waals surface area contributed by atoms with Crippen molar-refractivity contribution in [1.82, 2.24) is 4.31 Å². The van der Waals surface area contributed by atoms with Crippen molar-refractivity contribution in [2.24, 2.45) is 5.41 Å². The second kappa shape index (κ2) is 6.56. The maximum absolute atomic E-state index is 13.8. The van der Waals surface area contributed by atoms with Crippen LogP contribution in [0.2, 0.25) is 0 Å². The molecule has 1 aromatic rings. The van der Waals surface area contributed by atoms with Crippen LogP contribution in [0.3, 0.4) is 0 Å². The van der Waals surface area contributed by atoms with E-state index in [2.05, 4.69) is 11.8 Å². The summed E-state index contributed by atoms with van der Waals surface area (Å²) in [5.74, 6) is 4.03. The van der Waals surface area contributed by atoms with Gasteiger partial charge in [0.2, 0.25) is 10.0 Å². The van der Waals surface area contributed by atoms with Gasteiger partial charge in [-0.25, -0.2) is 17.1 Å². The fraction of sp³-hybridized carbons (Fsp3) is 0.467. The van der Waals surface area contributed by atoms with Crippen LogP contribution in [-0.4, -0.2) is 38.0 Å². The van der Waals surface area contributed by atoms with Gasteiger partial charge in [-0.1, -0.05) is 32.6 Å². The van der Waals surface area contributed by atoms with Crippen molar-refractivity contribution >= 4 is 10.0 Å². The van der Waals surface area contributed by atoms with Crippen LogP contribution in [0.5, 0.6) is 0 Å². The summed E-state index contributed by atoms with van der Waals surface area (Å²) in [5, 5.41) is 8.58. The van der Waals surface area contributed by atoms with Gasteiger partial charge >= 0.3 is 0 Å². The number of nitrogens with zero attached hydrogens (tertiary/aromatic N) is 1. The maximum atomic E-state index is 13.8. The van der Waals surface area contributed by atoms with Gasteiger partial charge in [-0.3, -0.25) is 0 Å². The van der Waals surface area contributed by atoms with E-state index in [9.17, 15) is 12.8 Å². The fourth-order valence-electron chi connectivity index (χ4n) is 1.83. The molecule has 0 radical (unpaired) electrons. The smallest absolute Gasteiger partial charge is 0.242 e. The van der Waals surface area contributed by atoms with E-state index in [0.717, 1.165) is 6.07 Å². The third-order valence-electron chi connectivity index (χ3n) is 2.65. The lowest BCUT2D eigenvalue weighted by Gasteiger charge is -2.26. The Balaban J connectivity index is 3.13. The van der Waals surface area contributed by atoms with Crippen LogP contribution >= 0.6 is 0 Å². The van der Waals surface area contributed by atoms with E-state index in [4.69, 9.17) is 5.11 Å². The summed E-state index contributed by atoms with van der Waals surface area (Å²) in [7, 11) is -2.27. The summed E-state index contributed by atoms with van der Waals surface area (Å²) in [6.07, 6.45) is 0. The molecule has 0 fully saturated rings. The minimum absolute atomic E-state index is 0.0569. The van der Waals surface area contributed by atoms with Gasteiger partial charge in [0.25, 0.3) is 0 Å². The quantitative estimate of drug-likeness (QED) is 0.866. The number of benzene rings is 1. The second-order valence-electron chi connectivity index (χ2n) is 5.92. The van der Waals surface area contributed by atoms with Gasteiger partial charge in [-0.05, 0) is 23.6 Å². The van der Waals surface area contributed by atoms with Crippen molar-refractivity contribution in [1.29, 1.82) is 0 Å². The summed E-state index contributed by atoms with van der Waals surface area (Å²) in [4.78, 5) is -0.110. The summed E-state index contributed by atoms with van der Waals surface area (Å²) >= 11 is 0. The third kappa shape index (κ3) is 4.81. The monoisotopic (exact) mass is 313 g/mol. The summed E-state index contributed by atoms with van der Waals surface area (Å²) in [5.41, 5.74) is -0.145. The molecule has 1 rings (SSSR count). The van der Waals surface area contributed by atoms with E-state index < -0.39 is 15.8 Å². The van der Waals surface area contributed by atoms with Crippen molar-refractivity contribution in [3.63, 3.8) is 0 Å². The van der Waals surface area contributed by atoms with Crippen LogP contribution in [0.4, 0.5) is 4.39 Å².